The van der Waals surface area contributed by atoms with E-state index in [2.05, 4.69) is 13.8 Å². The molecule has 0 spiro atoms. The van der Waals surface area contributed by atoms with Gasteiger partial charge < -0.3 is 0 Å². The molecular weight excluding hydrogens is 368 g/mol. The lowest BCUT2D eigenvalue weighted by Gasteiger charge is -2.12. The number of unbranched alkanes of at least 4 members (excludes halogenated alkanes) is 12. The molecule has 0 heterocycles. The predicted octanol–water partition coefficient (Wildman–Crippen LogP) is 7.52. The van der Waals surface area contributed by atoms with Crippen molar-refractivity contribution in [2.75, 3.05) is 0 Å². The highest BCUT2D eigenvalue weighted by Crippen LogP contribution is 2.21. The highest BCUT2D eigenvalue weighted by Gasteiger charge is 2.12. The quantitative estimate of drug-likeness (QED) is 0.213. The molecule has 1 aromatic rings. The van der Waals surface area contributed by atoms with E-state index in [-0.39, 0.29) is 4.90 Å². The standard InChI is InChI=1S/C24H42O3S/c1-3-5-7-9-11-13-15-17-22-19-20-24(28(25,26)27)21-23(22)18-16-14-12-10-8-6-4-2/h19-21H,3-18H2,1-2H3,(H,25,26,27). The third-order valence-corrected chi connectivity index (χ3v) is 6.42. The molecule has 28 heavy (non-hydrogen) atoms. The van der Waals surface area contributed by atoms with E-state index in [1.54, 1.807) is 12.1 Å². The molecule has 1 aromatic carbocycles. The van der Waals surface area contributed by atoms with Crippen LogP contribution >= 0.6 is 0 Å². The van der Waals surface area contributed by atoms with Crippen molar-refractivity contribution in [3.63, 3.8) is 0 Å². The number of aryl methyl sites for hydroxylation is 2. The van der Waals surface area contributed by atoms with Gasteiger partial charge in [0.25, 0.3) is 10.1 Å². The Morgan fingerprint density at radius 3 is 1.54 bits per heavy atom. The summed E-state index contributed by atoms with van der Waals surface area (Å²) in [6, 6.07) is 5.17. The van der Waals surface area contributed by atoms with E-state index in [9.17, 15) is 13.0 Å². The largest absolute Gasteiger partial charge is 0.294 e. The molecular formula is C24H42O3S. The van der Waals surface area contributed by atoms with Crippen LogP contribution in [0.3, 0.4) is 0 Å². The van der Waals surface area contributed by atoms with Crippen LogP contribution < -0.4 is 0 Å². The summed E-state index contributed by atoms with van der Waals surface area (Å²) < 4.78 is 32.4. The van der Waals surface area contributed by atoms with Crippen molar-refractivity contribution in [3.8, 4) is 0 Å². The minimum Gasteiger partial charge on any atom is -0.282 e. The molecule has 0 aliphatic rings. The molecule has 1 rings (SSSR count). The molecule has 1 N–H and O–H groups in total. The van der Waals surface area contributed by atoms with Crippen molar-refractivity contribution >= 4 is 10.1 Å². The zero-order valence-electron chi connectivity index (χ0n) is 18.2. The summed E-state index contributed by atoms with van der Waals surface area (Å²) in [7, 11) is -4.13. The summed E-state index contributed by atoms with van der Waals surface area (Å²) in [4.78, 5) is 0.0359. The van der Waals surface area contributed by atoms with Crippen LogP contribution in [-0.4, -0.2) is 13.0 Å². The summed E-state index contributed by atoms with van der Waals surface area (Å²) in [6.45, 7) is 4.47. The third-order valence-electron chi connectivity index (χ3n) is 5.57. The first-order chi connectivity index (χ1) is 13.5. The fourth-order valence-electron chi connectivity index (χ4n) is 3.78. The number of hydrogen-bond acceptors (Lipinski definition) is 2. The normalized spacial score (nSPS) is 11.8. The molecule has 3 nitrogen and oxygen atoms in total. The van der Waals surface area contributed by atoms with Crippen molar-refractivity contribution in [2.45, 2.75) is 121 Å². The molecule has 0 saturated carbocycles. The van der Waals surface area contributed by atoms with E-state index in [1.807, 2.05) is 6.07 Å². The summed E-state index contributed by atoms with van der Waals surface area (Å²) in [5, 5.41) is 0. The SMILES string of the molecule is CCCCCCCCCc1ccc(S(=O)(=O)O)cc1CCCCCCCCC. The molecule has 0 bridgehead atoms. The summed E-state index contributed by atoms with van der Waals surface area (Å²) in [5.41, 5.74) is 2.36. The van der Waals surface area contributed by atoms with Crippen LogP contribution in [0.1, 0.15) is 115 Å². The summed E-state index contributed by atoms with van der Waals surface area (Å²) in [5.74, 6) is 0. The van der Waals surface area contributed by atoms with Crippen molar-refractivity contribution < 1.29 is 13.0 Å². The first kappa shape index (κ1) is 25.2. The maximum atomic E-state index is 11.5. The van der Waals surface area contributed by atoms with Crippen LogP contribution in [0.25, 0.3) is 0 Å². The Kier molecular flexibility index (Phi) is 13.5. The van der Waals surface area contributed by atoms with Crippen LogP contribution in [0.2, 0.25) is 0 Å². The third kappa shape index (κ3) is 11.2. The monoisotopic (exact) mass is 410 g/mol. The average molecular weight is 411 g/mol. The zero-order valence-corrected chi connectivity index (χ0v) is 19.0. The Hall–Kier alpha value is -0.870. The lowest BCUT2D eigenvalue weighted by atomic mass is 9.96. The van der Waals surface area contributed by atoms with Gasteiger partial charge >= 0.3 is 0 Å². The van der Waals surface area contributed by atoms with Crippen LogP contribution in [0.15, 0.2) is 23.1 Å². The smallest absolute Gasteiger partial charge is 0.282 e. The molecule has 0 saturated heterocycles. The van der Waals surface area contributed by atoms with E-state index in [4.69, 9.17) is 0 Å². The van der Waals surface area contributed by atoms with Gasteiger partial charge in [-0.3, -0.25) is 4.55 Å². The van der Waals surface area contributed by atoms with E-state index >= 15 is 0 Å². The predicted molar refractivity (Wildman–Crippen MR) is 120 cm³/mol. The van der Waals surface area contributed by atoms with Gasteiger partial charge in [-0.05, 0) is 48.9 Å². The molecule has 162 valence electrons. The molecule has 0 fully saturated rings. The first-order valence-electron chi connectivity index (χ1n) is 11.6. The topological polar surface area (TPSA) is 54.4 Å². The zero-order chi connectivity index (χ0) is 20.7. The Morgan fingerprint density at radius 1 is 0.643 bits per heavy atom. The van der Waals surface area contributed by atoms with Crippen molar-refractivity contribution in [2.24, 2.45) is 0 Å². The Bertz CT molecular complexity index is 623. The fraction of sp³-hybridized carbons (Fsp3) is 0.750. The van der Waals surface area contributed by atoms with Crippen LogP contribution in [0.5, 0.6) is 0 Å². The molecule has 0 radical (unpaired) electrons. The lowest BCUT2D eigenvalue weighted by Crippen LogP contribution is -2.02. The van der Waals surface area contributed by atoms with E-state index in [0.29, 0.717) is 0 Å². The van der Waals surface area contributed by atoms with E-state index < -0.39 is 10.1 Å². The second-order valence-corrected chi connectivity index (χ2v) is 9.57. The molecule has 0 aliphatic carbocycles. The van der Waals surface area contributed by atoms with Gasteiger partial charge in [0.2, 0.25) is 0 Å². The second-order valence-electron chi connectivity index (χ2n) is 8.15. The summed E-state index contributed by atoms with van der Waals surface area (Å²) in [6.07, 6.45) is 19.6. The highest BCUT2D eigenvalue weighted by molar-refractivity contribution is 7.85. The maximum absolute atomic E-state index is 11.5. The second kappa shape index (κ2) is 15.0. The number of rotatable bonds is 17. The van der Waals surface area contributed by atoms with Crippen LogP contribution in [-0.2, 0) is 23.0 Å². The van der Waals surface area contributed by atoms with Gasteiger partial charge in [-0.1, -0.05) is 97.0 Å². The molecule has 0 aliphatic heterocycles. The van der Waals surface area contributed by atoms with E-state index in [1.165, 1.54) is 82.6 Å². The van der Waals surface area contributed by atoms with Crippen LogP contribution in [0, 0.1) is 0 Å². The van der Waals surface area contributed by atoms with Gasteiger partial charge in [0.1, 0.15) is 0 Å². The molecule has 0 unspecified atom stereocenters. The molecule has 4 heteroatoms. The van der Waals surface area contributed by atoms with Gasteiger partial charge in [-0.2, -0.15) is 8.42 Å². The number of hydrogen-bond donors (Lipinski definition) is 1. The van der Waals surface area contributed by atoms with Gasteiger partial charge in [-0.15, -0.1) is 0 Å². The number of benzene rings is 1. The Morgan fingerprint density at radius 2 is 1.07 bits per heavy atom. The summed E-state index contributed by atoms with van der Waals surface area (Å²) >= 11 is 0. The lowest BCUT2D eigenvalue weighted by molar-refractivity contribution is 0.483. The van der Waals surface area contributed by atoms with Gasteiger partial charge in [0, 0.05) is 0 Å². The van der Waals surface area contributed by atoms with Crippen molar-refractivity contribution in [1.82, 2.24) is 0 Å². The van der Waals surface area contributed by atoms with E-state index in [0.717, 1.165) is 31.2 Å². The first-order valence-corrected chi connectivity index (χ1v) is 13.0. The van der Waals surface area contributed by atoms with Gasteiger partial charge in [-0.25, -0.2) is 0 Å². The molecule has 0 atom stereocenters. The van der Waals surface area contributed by atoms with Crippen LogP contribution in [0.4, 0.5) is 0 Å². The maximum Gasteiger partial charge on any atom is 0.294 e. The Balaban J connectivity index is 2.52. The van der Waals surface area contributed by atoms with Crippen molar-refractivity contribution in [3.05, 3.63) is 29.3 Å². The van der Waals surface area contributed by atoms with Gasteiger partial charge in [0.05, 0.1) is 4.90 Å². The minimum atomic E-state index is -4.13. The Labute approximate surface area is 174 Å². The molecule has 0 amide bonds. The minimum absolute atomic E-state index is 0.0359. The molecule has 0 aromatic heterocycles. The fourth-order valence-corrected chi connectivity index (χ4v) is 4.32. The van der Waals surface area contributed by atoms with Crippen molar-refractivity contribution in [1.29, 1.82) is 0 Å². The highest BCUT2D eigenvalue weighted by atomic mass is 32.2. The average Bonchev–Trinajstić information content (AvgIpc) is 2.66. The van der Waals surface area contributed by atoms with Gasteiger partial charge in [0.15, 0.2) is 0 Å².